The zero-order valence-electron chi connectivity index (χ0n) is 15.4. The number of aliphatic imine (C=N–C) groups is 1. The van der Waals surface area contributed by atoms with Crippen molar-refractivity contribution in [2.24, 2.45) is 10.7 Å². The molecule has 2 aromatic rings. The number of carbonyl (C=O) groups is 1. The van der Waals surface area contributed by atoms with Crippen molar-refractivity contribution in [1.82, 2.24) is 4.98 Å². The highest BCUT2D eigenvalue weighted by Gasteiger charge is 2.31. The van der Waals surface area contributed by atoms with Gasteiger partial charge < -0.3 is 16.2 Å². The van der Waals surface area contributed by atoms with E-state index in [4.69, 9.17) is 10.8 Å². The molecule has 0 radical (unpaired) electrons. The minimum absolute atomic E-state index is 0.0550. The van der Waals surface area contributed by atoms with E-state index in [1.165, 1.54) is 30.5 Å². The van der Waals surface area contributed by atoms with Gasteiger partial charge in [-0.25, -0.2) is 9.78 Å². The molecule has 0 fully saturated rings. The van der Waals surface area contributed by atoms with Crippen molar-refractivity contribution in [1.29, 1.82) is 0 Å². The van der Waals surface area contributed by atoms with E-state index < -0.39 is 23.1 Å². The van der Waals surface area contributed by atoms with Crippen molar-refractivity contribution in [3.63, 3.8) is 0 Å². The van der Waals surface area contributed by atoms with Crippen molar-refractivity contribution < 1.29 is 23.1 Å². The number of anilines is 1. The first kappa shape index (κ1) is 21.2. The van der Waals surface area contributed by atoms with E-state index in [0.29, 0.717) is 18.8 Å². The van der Waals surface area contributed by atoms with Crippen LogP contribution in [0.25, 0.3) is 0 Å². The third-order valence-electron chi connectivity index (χ3n) is 4.28. The van der Waals surface area contributed by atoms with Gasteiger partial charge in [-0.2, -0.15) is 13.2 Å². The van der Waals surface area contributed by atoms with E-state index in [2.05, 4.69) is 15.3 Å². The van der Waals surface area contributed by atoms with E-state index in [1.807, 2.05) is 13.8 Å². The third kappa shape index (κ3) is 5.70. The SMILES string of the molecule is CC(C)(CCN=C(N)Nc1ccc(C(=O)O)cn1)c1ccc(C(F)(F)F)cc1. The van der Waals surface area contributed by atoms with Crippen LogP contribution >= 0.6 is 0 Å². The minimum Gasteiger partial charge on any atom is -0.478 e. The van der Waals surface area contributed by atoms with Crippen LogP contribution in [0.4, 0.5) is 19.0 Å². The summed E-state index contributed by atoms with van der Waals surface area (Å²) in [6, 6.07) is 7.95. The van der Waals surface area contributed by atoms with Gasteiger partial charge in [-0.15, -0.1) is 0 Å². The lowest BCUT2D eigenvalue weighted by atomic mass is 9.81. The molecule has 28 heavy (non-hydrogen) atoms. The Morgan fingerprint density at radius 1 is 1.14 bits per heavy atom. The average molecular weight is 394 g/mol. The fourth-order valence-corrected chi connectivity index (χ4v) is 2.48. The number of nitrogens with one attached hydrogen (secondary N) is 1. The summed E-state index contributed by atoms with van der Waals surface area (Å²) in [6.45, 7) is 4.18. The average Bonchev–Trinajstić information content (AvgIpc) is 2.61. The van der Waals surface area contributed by atoms with E-state index in [-0.39, 0.29) is 11.5 Å². The van der Waals surface area contributed by atoms with Crippen molar-refractivity contribution in [3.8, 4) is 0 Å². The van der Waals surface area contributed by atoms with Crippen LogP contribution in [0.1, 0.15) is 41.8 Å². The number of carboxylic acid groups (broad SMARTS) is 1. The van der Waals surface area contributed by atoms with Crippen molar-refractivity contribution >= 4 is 17.7 Å². The van der Waals surface area contributed by atoms with Crippen LogP contribution in [-0.4, -0.2) is 28.6 Å². The van der Waals surface area contributed by atoms with Crippen LogP contribution in [-0.2, 0) is 11.6 Å². The molecule has 2 rings (SSSR count). The quantitative estimate of drug-likeness (QED) is 0.510. The number of nitrogens with zero attached hydrogens (tertiary/aromatic N) is 2. The molecule has 150 valence electrons. The van der Waals surface area contributed by atoms with Crippen LogP contribution in [0.2, 0.25) is 0 Å². The number of nitrogens with two attached hydrogens (primary N) is 1. The lowest BCUT2D eigenvalue weighted by Crippen LogP contribution is -2.25. The summed E-state index contributed by atoms with van der Waals surface area (Å²) in [7, 11) is 0. The molecule has 1 aromatic carbocycles. The number of halogens is 3. The van der Waals surface area contributed by atoms with Crippen LogP contribution in [0.3, 0.4) is 0 Å². The highest BCUT2D eigenvalue weighted by Crippen LogP contribution is 2.32. The summed E-state index contributed by atoms with van der Waals surface area (Å²) in [5.41, 5.74) is 5.55. The van der Waals surface area contributed by atoms with Gasteiger partial charge in [-0.3, -0.25) is 4.99 Å². The Balaban J connectivity index is 1.95. The lowest BCUT2D eigenvalue weighted by Gasteiger charge is -2.25. The number of alkyl halides is 3. The molecule has 0 amide bonds. The Labute approximate surface area is 160 Å². The van der Waals surface area contributed by atoms with Gasteiger partial charge in [0.1, 0.15) is 5.82 Å². The highest BCUT2D eigenvalue weighted by atomic mass is 19.4. The zero-order chi connectivity index (χ0) is 20.9. The van der Waals surface area contributed by atoms with Gasteiger partial charge in [0.05, 0.1) is 11.1 Å². The maximum atomic E-state index is 12.7. The maximum Gasteiger partial charge on any atom is 0.416 e. The Bertz CT molecular complexity index is 845. The molecule has 0 saturated heterocycles. The summed E-state index contributed by atoms with van der Waals surface area (Å²) >= 11 is 0. The number of carboxylic acids is 1. The van der Waals surface area contributed by atoms with Gasteiger partial charge >= 0.3 is 12.1 Å². The number of guanidine groups is 1. The standard InChI is InChI=1S/C19H21F3N4O2/c1-18(2,13-4-6-14(7-5-13)19(20,21)22)9-10-24-17(23)26-15-8-3-12(11-25-15)16(27)28/h3-8,11H,9-10H2,1-2H3,(H,27,28)(H3,23,24,25,26). The molecular formula is C19H21F3N4O2. The number of rotatable bonds is 6. The predicted molar refractivity (Wildman–Crippen MR) is 100 cm³/mol. The summed E-state index contributed by atoms with van der Waals surface area (Å²) in [4.78, 5) is 18.9. The fourth-order valence-electron chi connectivity index (χ4n) is 2.48. The Morgan fingerprint density at radius 3 is 2.25 bits per heavy atom. The van der Waals surface area contributed by atoms with E-state index in [1.54, 1.807) is 0 Å². The maximum absolute atomic E-state index is 12.7. The van der Waals surface area contributed by atoms with Crippen LogP contribution in [0.5, 0.6) is 0 Å². The summed E-state index contributed by atoms with van der Waals surface area (Å²) in [5.74, 6) is -0.613. The Morgan fingerprint density at radius 2 is 1.75 bits per heavy atom. The fraction of sp³-hybridized carbons (Fsp3) is 0.316. The molecular weight excluding hydrogens is 373 g/mol. The molecule has 0 spiro atoms. The van der Waals surface area contributed by atoms with E-state index >= 15 is 0 Å². The highest BCUT2D eigenvalue weighted by molar-refractivity contribution is 5.92. The zero-order valence-corrected chi connectivity index (χ0v) is 15.4. The van der Waals surface area contributed by atoms with Crippen molar-refractivity contribution in [3.05, 3.63) is 59.3 Å². The first-order chi connectivity index (χ1) is 13.0. The van der Waals surface area contributed by atoms with Crippen molar-refractivity contribution in [2.45, 2.75) is 31.9 Å². The molecule has 0 aliphatic heterocycles. The molecule has 0 atom stereocenters. The second-order valence-corrected chi connectivity index (χ2v) is 6.84. The number of hydrogen-bond acceptors (Lipinski definition) is 3. The second-order valence-electron chi connectivity index (χ2n) is 6.84. The number of benzene rings is 1. The van der Waals surface area contributed by atoms with E-state index in [0.717, 1.165) is 17.7 Å². The molecule has 9 heteroatoms. The Kier molecular flexibility index (Phi) is 6.27. The topological polar surface area (TPSA) is 101 Å². The molecule has 0 saturated carbocycles. The summed E-state index contributed by atoms with van der Waals surface area (Å²) in [5, 5.41) is 11.6. The molecule has 1 aromatic heterocycles. The van der Waals surface area contributed by atoms with Gasteiger partial charge in [0.2, 0.25) is 0 Å². The summed E-state index contributed by atoms with van der Waals surface area (Å²) < 4.78 is 38.0. The van der Waals surface area contributed by atoms with Crippen LogP contribution in [0.15, 0.2) is 47.6 Å². The van der Waals surface area contributed by atoms with Crippen LogP contribution < -0.4 is 11.1 Å². The second kappa shape index (κ2) is 8.28. The lowest BCUT2D eigenvalue weighted by molar-refractivity contribution is -0.137. The molecule has 0 aliphatic rings. The number of aromatic carboxylic acids is 1. The predicted octanol–water partition coefficient (Wildman–Crippen LogP) is 3.89. The van der Waals surface area contributed by atoms with Gasteiger partial charge in [0.15, 0.2) is 5.96 Å². The minimum atomic E-state index is -4.36. The van der Waals surface area contributed by atoms with Crippen molar-refractivity contribution in [2.75, 3.05) is 11.9 Å². The molecule has 0 unspecified atom stereocenters. The van der Waals surface area contributed by atoms with Gasteiger partial charge in [-0.1, -0.05) is 26.0 Å². The monoisotopic (exact) mass is 394 g/mol. The third-order valence-corrected chi connectivity index (χ3v) is 4.28. The number of pyridine rings is 1. The van der Waals surface area contributed by atoms with Crippen LogP contribution in [0, 0.1) is 0 Å². The number of aromatic nitrogens is 1. The largest absolute Gasteiger partial charge is 0.478 e. The van der Waals surface area contributed by atoms with Gasteiger partial charge in [0.25, 0.3) is 0 Å². The first-order valence-corrected chi connectivity index (χ1v) is 8.43. The molecule has 4 N–H and O–H groups in total. The van der Waals surface area contributed by atoms with E-state index in [9.17, 15) is 18.0 Å². The smallest absolute Gasteiger partial charge is 0.416 e. The van der Waals surface area contributed by atoms with Gasteiger partial charge in [-0.05, 0) is 41.7 Å². The molecule has 6 nitrogen and oxygen atoms in total. The molecule has 0 aliphatic carbocycles. The van der Waals surface area contributed by atoms with Gasteiger partial charge in [0, 0.05) is 12.7 Å². The first-order valence-electron chi connectivity index (χ1n) is 8.43. The molecule has 0 bridgehead atoms. The molecule has 1 heterocycles. The Hall–Kier alpha value is -3.10. The number of hydrogen-bond donors (Lipinski definition) is 3. The normalized spacial score (nSPS) is 12.7. The summed E-state index contributed by atoms with van der Waals surface area (Å²) in [6.07, 6.45) is -2.60.